The summed E-state index contributed by atoms with van der Waals surface area (Å²) >= 11 is 0. The van der Waals surface area contributed by atoms with Crippen molar-refractivity contribution in [3.8, 4) is 5.75 Å². The van der Waals surface area contributed by atoms with Gasteiger partial charge in [-0.15, -0.1) is 0 Å². The van der Waals surface area contributed by atoms with Gasteiger partial charge in [0.05, 0.1) is 7.11 Å². The van der Waals surface area contributed by atoms with Crippen molar-refractivity contribution in [2.75, 3.05) is 20.7 Å². The minimum Gasteiger partial charge on any atom is -0.497 e. The zero-order valence-corrected chi connectivity index (χ0v) is 13.9. The number of hydrogen-bond donors (Lipinski definition) is 1. The molecule has 0 fully saturated rings. The van der Waals surface area contributed by atoms with Crippen molar-refractivity contribution >= 4 is 11.8 Å². The van der Waals surface area contributed by atoms with Crippen molar-refractivity contribution in [3.63, 3.8) is 0 Å². The second kappa shape index (κ2) is 8.67. The van der Waals surface area contributed by atoms with Gasteiger partial charge in [0.15, 0.2) is 0 Å². The lowest BCUT2D eigenvalue weighted by Crippen LogP contribution is -2.41. The number of nitrogens with zero attached hydrogens (tertiary/aromatic N) is 2. The molecule has 2 amide bonds. The predicted octanol–water partition coefficient (Wildman–Crippen LogP) is 1.41. The molecule has 1 N–H and O–H groups in total. The molecule has 0 saturated heterocycles. The van der Waals surface area contributed by atoms with E-state index in [1.165, 1.54) is 4.90 Å². The molecule has 0 unspecified atom stereocenters. The highest BCUT2D eigenvalue weighted by atomic mass is 16.5. The topological polar surface area (TPSA) is 71.5 Å². The first-order chi connectivity index (χ1) is 11.6. The van der Waals surface area contributed by atoms with Crippen LogP contribution >= 0.6 is 0 Å². The molecule has 0 aliphatic carbocycles. The molecule has 0 saturated carbocycles. The predicted molar refractivity (Wildman–Crippen MR) is 90.4 cm³/mol. The van der Waals surface area contributed by atoms with Crippen LogP contribution in [0, 0.1) is 0 Å². The largest absolute Gasteiger partial charge is 0.497 e. The molecule has 0 aliphatic heterocycles. The lowest BCUT2D eigenvalue weighted by atomic mass is 10.2. The molecule has 2 aromatic rings. The normalized spacial score (nSPS) is 10.1. The van der Waals surface area contributed by atoms with Gasteiger partial charge in [0.1, 0.15) is 5.75 Å². The summed E-state index contributed by atoms with van der Waals surface area (Å²) in [6, 6.07) is 11.1. The summed E-state index contributed by atoms with van der Waals surface area (Å²) in [6.07, 6.45) is 4.09. The van der Waals surface area contributed by atoms with Gasteiger partial charge in [-0.3, -0.25) is 14.6 Å². The number of likely N-dealkylation sites (N-methyl/N-ethyl adjacent to an activating group) is 1. The summed E-state index contributed by atoms with van der Waals surface area (Å²) in [4.78, 5) is 29.4. The molecule has 2 rings (SSSR count). The van der Waals surface area contributed by atoms with Crippen LogP contribution in [0.1, 0.15) is 11.1 Å². The van der Waals surface area contributed by atoms with E-state index in [1.807, 2.05) is 36.4 Å². The van der Waals surface area contributed by atoms with Gasteiger partial charge in [0.25, 0.3) is 0 Å². The van der Waals surface area contributed by atoms with E-state index in [0.29, 0.717) is 19.5 Å². The zero-order valence-electron chi connectivity index (χ0n) is 13.9. The first-order valence-corrected chi connectivity index (χ1v) is 7.65. The summed E-state index contributed by atoms with van der Waals surface area (Å²) in [7, 11) is 3.22. The fourth-order valence-electron chi connectivity index (χ4n) is 2.12. The smallest absolute Gasteiger partial charge is 0.311 e. The van der Waals surface area contributed by atoms with Crippen LogP contribution in [0.3, 0.4) is 0 Å². The fourth-order valence-corrected chi connectivity index (χ4v) is 2.12. The van der Waals surface area contributed by atoms with Crippen LogP contribution < -0.4 is 10.1 Å². The minimum atomic E-state index is -0.608. The van der Waals surface area contributed by atoms with E-state index in [9.17, 15) is 9.59 Å². The van der Waals surface area contributed by atoms with Crippen LogP contribution in [0.2, 0.25) is 0 Å². The first-order valence-electron chi connectivity index (χ1n) is 7.65. The van der Waals surface area contributed by atoms with Gasteiger partial charge < -0.3 is 15.0 Å². The van der Waals surface area contributed by atoms with Crippen LogP contribution in [-0.4, -0.2) is 42.4 Å². The number of rotatable bonds is 6. The Balaban J connectivity index is 1.79. The van der Waals surface area contributed by atoms with E-state index in [-0.39, 0.29) is 0 Å². The Kier molecular flexibility index (Phi) is 6.31. The standard InChI is InChI=1S/C18H21N3O3/c1-21(12-9-14-7-10-19-11-8-14)18(23)17(22)20-13-15-3-5-16(24-2)6-4-15/h3-8,10-11H,9,12-13H2,1-2H3,(H,20,22). The molecule has 126 valence electrons. The molecule has 1 aromatic carbocycles. The third-order valence-corrected chi connectivity index (χ3v) is 3.64. The maximum atomic E-state index is 12.1. The van der Waals surface area contributed by atoms with E-state index >= 15 is 0 Å². The average Bonchev–Trinajstić information content (AvgIpc) is 2.64. The highest BCUT2D eigenvalue weighted by Gasteiger charge is 2.17. The number of nitrogens with one attached hydrogen (secondary N) is 1. The number of pyridine rings is 1. The third-order valence-electron chi connectivity index (χ3n) is 3.64. The Morgan fingerprint density at radius 2 is 1.75 bits per heavy atom. The van der Waals surface area contributed by atoms with Crippen LogP contribution in [0.4, 0.5) is 0 Å². The number of ether oxygens (including phenoxy) is 1. The lowest BCUT2D eigenvalue weighted by Gasteiger charge is -2.16. The Bertz CT molecular complexity index is 672. The van der Waals surface area contributed by atoms with E-state index in [2.05, 4.69) is 10.3 Å². The van der Waals surface area contributed by atoms with E-state index in [0.717, 1.165) is 16.9 Å². The Morgan fingerprint density at radius 3 is 2.38 bits per heavy atom. The molecule has 0 spiro atoms. The highest BCUT2D eigenvalue weighted by Crippen LogP contribution is 2.10. The number of methoxy groups -OCH3 is 1. The van der Waals surface area contributed by atoms with Gasteiger partial charge in [-0.05, 0) is 41.8 Å². The number of hydrogen-bond acceptors (Lipinski definition) is 4. The zero-order chi connectivity index (χ0) is 17.4. The third kappa shape index (κ3) is 5.08. The molecule has 24 heavy (non-hydrogen) atoms. The van der Waals surface area contributed by atoms with Crippen molar-refractivity contribution in [1.29, 1.82) is 0 Å². The van der Waals surface area contributed by atoms with E-state index in [1.54, 1.807) is 26.6 Å². The average molecular weight is 327 g/mol. The number of aromatic nitrogens is 1. The molecular weight excluding hydrogens is 306 g/mol. The van der Waals surface area contributed by atoms with Crippen molar-refractivity contribution in [3.05, 3.63) is 59.9 Å². The van der Waals surface area contributed by atoms with Crippen molar-refractivity contribution in [1.82, 2.24) is 15.2 Å². The summed E-state index contributed by atoms with van der Waals surface area (Å²) in [5, 5.41) is 2.63. The van der Waals surface area contributed by atoms with Gasteiger partial charge in [0.2, 0.25) is 0 Å². The summed E-state index contributed by atoms with van der Waals surface area (Å²) < 4.78 is 5.08. The molecule has 6 heteroatoms. The van der Waals surface area contributed by atoms with Gasteiger partial charge in [-0.1, -0.05) is 12.1 Å². The second-order valence-electron chi connectivity index (χ2n) is 5.36. The molecule has 1 heterocycles. The van der Waals surface area contributed by atoms with Gasteiger partial charge in [-0.2, -0.15) is 0 Å². The van der Waals surface area contributed by atoms with Crippen molar-refractivity contribution in [2.45, 2.75) is 13.0 Å². The van der Waals surface area contributed by atoms with Gasteiger partial charge in [-0.25, -0.2) is 0 Å². The Labute approximate surface area is 141 Å². The first kappa shape index (κ1) is 17.5. The van der Waals surface area contributed by atoms with Crippen LogP contribution in [-0.2, 0) is 22.6 Å². The van der Waals surface area contributed by atoms with Gasteiger partial charge >= 0.3 is 11.8 Å². The second-order valence-corrected chi connectivity index (χ2v) is 5.36. The molecule has 6 nitrogen and oxygen atoms in total. The quantitative estimate of drug-likeness (QED) is 0.814. The number of amides is 2. The van der Waals surface area contributed by atoms with Crippen molar-refractivity contribution < 1.29 is 14.3 Å². The van der Waals surface area contributed by atoms with E-state index < -0.39 is 11.8 Å². The van der Waals surface area contributed by atoms with Gasteiger partial charge in [0, 0.05) is 32.5 Å². The van der Waals surface area contributed by atoms with Crippen molar-refractivity contribution in [2.24, 2.45) is 0 Å². The summed E-state index contributed by atoms with van der Waals surface area (Å²) in [6.45, 7) is 0.769. The monoisotopic (exact) mass is 327 g/mol. The Morgan fingerprint density at radius 1 is 1.08 bits per heavy atom. The molecule has 0 aliphatic rings. The number of benzene rings is 1. The maximum absolute atomic E-state index is 12.1. The summed E-state index contributed by atoms with van der Waals surface area (Å²) in [5.74, 6) is -0.405. The number of carbonyl (C=O) groups is 2. The number of carbonyl (C=O) groups excluding carboxylic acids is 2. The molecule has 0 bridgehead atoms. The minimum absolute atomic E-state index is 0.298. The maximum Gasteiger partial charge on any atom is 0.311 e. The van der Waals surface area contributed by atoms with Crippen LogP contribution in [0.5, 0.6) is 5.75 Å². The molecular formula is C18H21N3O3. The lowest BCUT2D eigenvalue weighted by molar-refractivity contribution is -0.145. The molecule has 0 radical (unpaired) electrons. The van der Waals surface area contributed by atoms with Crippen LogP contribution in [0.25, 0.3) is 0 Å². The molecule has 1 aromatic heterocycles. The highest BCUT2D eigenvalue weighted by molar-refractivity contribution is 6.34. The van der Waals surface area contributed by atoms with Crippen LogP contribution in [0.15, 0.2) is 48.8 Å². The summed E-state index contributed by atoms with van der Waals surface area (Å²) in [5.41, 5.74) is 1.97. The fraction of sp³-hybridized carbons (Fsp3) is 0.278. The van der Waals surface area contributed by atoms with E-state index in [4.69, 9.17) is 4.74 Å². The SMILES string of the molecule is COc1ccc(CNC(=O)C(=O)N(C)CCc2ccncc2)cc1. The molecule has 0 atom stereocenters. The Hall–Kier alpha value is -2.89.